The van der Waals surface area contributed by atoms with Crippen LogP contribution in [0.5, 0.6) is 5.75 Å². The standard InChI is InChI=1S/C23H19ClN2O3/c1-14-8-15(2)10-19(9-14)28-13-22(27)25-18-5-3-4-16(11-18)23-26-20-12-17(24)6-7-21(20)29-23/h3-12H,13H2,1-2H3,(H,25,27). The van der Waals surface area contributed by atoms with E-state index in [0.717, 1.165) is 16.7 Å². The predicted molar refractivity (Wildman–Crippen MR) is 114 cm³/mol. The molecule has 1 amide bonds. The summed E-state index contributed by atoms with van der Waals surface area (Å²) in [6.45, 7) is 3.91. The van der Waals surface area contributed by atoms with Gasteiger partial charge < -0.3 is 14.5 Å². The van der Waals surface area contributed by atoms with Crippen LogP contribution in [0.25, 0.3) is 22.6 Å². The van der Waals surface area contributed by atoms with Crippen LogP contribution < -0.4 is 10.1 Å². The number of amides is 1. The van der Waals surface area contributed by atoms with Crippen LogP contribution in [0, 0.1) is 13.8 Å². The molecule has 0 atom stereocenters. The zero-order valence-corrected chi connectivity index (χ0v) is 16.8. The van der Waals surface area contributed by atoms with Crippen molar-refractivity contribution in [1.82, 2.24) is 4.98 Å². The van der Waals surface area contributed by atoms with Crippen LogP contribution in [0.1, 0.15) is 11.1 Å². The molecule has 29 heavy (non-hydrogen) atoms. The van der Waals surface area contributed by atoms with Crippen LogP contribution in [0.3, 0.4) is 0 Å². The van der Waals surface area contributed by atoms with E-state index in [-0.39, 0.29) is 12.5 Å². The number of anilines is 1. The molecule has 4 rings (SSSR count). The third-order valence-corrected chi connectivity index (χ3v) is 4.54. The van der Waals surface area contributed by atoms with Crippen LogP contribution in [-0.2, 0) is 4.79 Å². The Labute approximate surface area is 173 Å². The van der Waals surface area contributed by atoms with Crippen LogP contribution >= 0.6 is 11.6 Å². The monoisotopic (exact) mass is 406 g/mol. The van der Waals surface area contributed by atoms with Gasteiger partial charge in [0.1, 0.15) is 11.3 Å². The first-order valence-corrected chi connectivity index (χ1v) is 9.51. The molecule has 0 bridgehead atoms. The van der Waals surface area contributed by atoms with Gasteiger partial charge in [-0.2, -0.15) is 0 Å². The first-order chi connectivity index (χ1) is 14.0. The van der Waals surface area contributed by atoms with Crippen LogP contribution in [0.2, 0.25) is 5.02 Å². The molecule has 0 aliphatic heterocycles. The van der Waals surface area contributed by atoms with Crippen molar-refractivity contribution in [3.8, 4) is 17.2 Å². The van der Waals surface area contributed by atoms with Gasteiger partial charge in [0.25, 0.3) is 5.91 Å². The number of carbonyl (C=O) groups is 1. The largest absolute Gasteiger partial charge is 0.484 e. The van der Waals surface area contributed by atoms with Crippen molar-refractivity contribution in [2.24, 2.45) is 0 Å². The number of hydrogen-bond acceptors (Lipinski definition) is 4. The van der Waals surface area contributed by atoms with Crippen molar-refractivity contribution in [3.05, 3.63) is 76.8 Å². The summed E-state index contributed by atoms with van der Waals surface area (Å²) in [5.74, 6) is 0.895. The summed E-state index contributed by atoms with van der Waals surface area (Å²) in [5, 5.41) is 3.44. The second kappa shape index (κ2) is 7.97. The number of benzene rings is 3. The molecule has 0 aliphatic carbocycles. The number of ether oxygens (including phenoxy) is 1. The van der Waals surface area contributed by atoms with Crippen LogP contribution in [0.4, 0.5) is 5.69 Å². The third-order valence-electron chi connectivity index (χ3n) is 4.31. The quantitative estimate of drug-likeness (QED) is 0.456. The Morgan fingerprint density at radius 3 is 2.66 bits per heavy atom. The first kappa shape index (κ1) is 19.0. The molecule has 4 aromatic rings. The molecular weight excluding hydrogens is 388 g/mol. The van der Waals surface area contributed by atoms with E-state index in [4.69, 9.17) is 20.8 Å². The van der Waals surface area contributed by atoms with E-state index in [9.17, 15) is 4.79 Å². The van der Waals surface area contributed by atoms with E-state index in [0.29, 0.717) is 33.4 Å². The van der Waals surface area contributed by atoms with Crippen molar-refractivity contribution in [3.63, 3.8) is 0 Å². The second-order valence-electron chi connectivity index (χ2n) is 6.87. The summed E-state index contributed by atoms with van der Waals surface area (Å²) in [7, 11) is 0. The summed E-state index contributed by atoms with van der Waals surface area (Å²) in [5.41, 5.74) is 4.91. The highest BCUT2D eigenvalue weighted by Gasteiger charge is 2.11. The SMILES string of the molecule is Cc1cc(C)cc(OCC(=O)Nc2cccc(-c3nc4cc(Cl)ccc4o3)c2)c1. The minimum absolute atomic E-state index is 0.0749. The van der Waals surface area contributed by atoms with Gasteiger partial charge in [0.2, 0.25) is 5.89 Å². The Hall–Kier alpha value is -3.31. The number of nitrogens with zero attached hydrogens (tertiary/aromatic N) is 1. The van der Waals surface area contributed by atoms with E-state index in [1.54, 1.807) is 30.3 Å². The van der Waals surface area contributed by atoms with Crippen molar-refractivity contribution in [2.45, 2.75) is 13.8 Å². The average Bonchev–Trinajstić information content (AvgIpc) is 3.09. The first-order valence-electron chi connectivity index (χ1n) is 9.14. The lowest BCUT2D eigenvalue weighted by atomic mass is 10.1. The van der Waals surface area contributed by atoms with Crippen LogP contribution in [-0.4, -0.2) is 17.5 Å². The smallest absolute Gasteiger partial charge is 0.262 e. The Kier molecular flexibility index (Phi) is 5.23. The molecule has 1 N–H and O–H groups in total. The molecule has 1 heterocycles. The topological polar surface area (TPSA) is 64.4 Å². The number of carbonyl (C=O) groups excluding carboxylic acids is 1. The zero-order valence-electron chi connectivity index (χ0n) is 16.0. The molecule has 0 aliphatic rings. The summed E-state index contributed by atoms with van der Waals surface area (Å²) < 4.78 is 11.4. The number of aromatic nitrogens is 1. The van der Waals surface area contributed by atoms with Gasteiger partial charge in [-0.1, -0.05) is 23.7 Å². The Bertz CT molecular complexity index is 1180. The Morgan fingerprint density at radius 2 is 1.86 bits per heavy atom. The van der Waals surface area contributed by atoms with Crippen molar-refractivity contribution in [1.29, 1.82) is 0 Å². The van der Waals surface area contributed by atoms with Gasteiger partial charge >= 0.3 is 0 Å². The van der Waals surface area contributed by atoms with Gasteiger partial charge in [-0.15, -0.1) is 0 Å². The minimum atomic E-state index is -0.245. The van der Waals surface area contributed by atoms with Crippen LogP contribution in [0.15, 0.2) is 65.1 Å². The summed E-state index contributed by atoms with van der Waals surface area (Å²) in [6.07, 6.45) is 0. The molecule has 5 nitrogen and oxygen atoms in total. The minimum Gasteiger partial charge on any atom is -0.484 e. The predicted octanol–water partition coefficient (Wildman–Crippen LogP) is 5.78. The second-order valence-corrected chi connectivity index (χ2v) is 7.31. The Balaban J connectivity index is 1.45. The molecule has 146 valence electrons. The summed E-state index contributed by atoms with van der Waals surface area (Å²) >= 11 is 6.01. The molecule has 1 aromatic heterocycles. The number of nitrogens with one attached hydrogen (secondary N) is 1. The van der Waals surface area contributed by atoms with E-state index < -0.39 is 0 Å². The normalized spacial score (nSPS) is 10.9. The fourth-order valence-electron chi connectivity index (χ4n) is 3.12. The van der Waals surface area contributed by atoms with Gasteiger partial charge in [-0.3, -0.25) is 4.79 Å². The highest BCUT2D eigenvalue weighted by Crippen LogP contribution is 2.27. The highest BCUT2D eigenvalue weighted by atomic mass is 35.5. The number of aryl methyl sites for hydroxylation is 2. The molecule has 0 saturated heterocycles. The number of fused-ring (bicyclic) bond motifs is 1. The van der Waals surface area contributed by atoms with Crippen molar-refractivity contribution < 1.29 is 13.9 Å². The van der Waals surface area contributed by atoms with Gasteiger partial charge in [-0.25, -0.2) is 4.98 Å². The van der Waals surface area contributed by atoms with Crippen molar-refractivity contribution >= 4 is 34.3 Å². The maximum atomic E-state index is 12.3. The number of hydrogen-bond donors (Lipinski definition) is 1. The molecule has 6 heteroatoms. The lowest BCUT2D eigenvalue weighted by molar-refractivity contribution is -0.118. The summed E-state index contributed by atoms with van der Waals surface area (Å²) in [4.78, 5) is 16.8. The van der Waals surface area contributed by atoms with Gasteiger partial charge in [0, 0.05) is 16.3 Å². The Morgan fingerprint density at radius 1 is 1.07 bits per heavy atom. The number of rotatable bonds is 5. The van der Waals surface area contributed by atoms with Gasteiger partial charge in [0.05, 0.1) is 0 Å². The molecule has 0 fully saturated rings. The van der Waals surface area contributed by atoms with E-state index >= 15 is 0 Å². The summed E-state index contributed by atoms with van der Waals surface area (Å²) in [6, 6.07) is 18.5. The van der Waals surface area contributed by atoms with E-state index in [1.165, 1.54) is 0 Å². The van der Waals surface area contributed by atoms with Gasteiger partial charge in [-0.05, 0) is 73.5 Å². The molecule has 0 saturated carbocycles. The number of halogens is 1. The van der Waals surface area contributed by atoms with E-state index in [1.807, 2.05) is 38.1 Å². The highest BCUT2D eigenvalue weighted by molar-refractivity contribution is 6.31. The zero-order chi connectivity index (χ0) is 20.4. The molecule has 0 unspecified atom stereocenters. The fraction of sp³-hybridized carbons (Fsp3) is 0.130. The molecule has 0 radical (unpaired) electrons. The third kappa shape index (κ3) is 4.58. The maximum Gasteiger partial charge on any atom is 0.262 e. The fourth-order valence-corrected chi connectivity index (χ4v) is 3.28. The maximum absolute atomic E-state index is 12.3. The molecule has 3 aromatic carbocycles. The van der Waals surface area contributed by atoms with E-state index in [2.05, 4.69) is 16.4 Å². The van der Waals surface area contributed by atoms with Crippen molar-refractivity contribution in [2.75, 3.05) is 11.9 Å². The molecular formula is C23H19ClN2O3. The lowest BCUT2D eigenvalue weighted by Crippen LogP contribution is -2.20. The van der Waals surface area contributed by atoms with Gasteiger partial charge in [0.15, 0.2) is 12.2 Å². The average molecular weight is 407 g/mol. The lowest BCUT2D eigenvalue weighted by Gasteiger charge is -2.09. The molecule has 0 spiro atoms. The number of oxazole rings is 1.